The summed E-state index contributed by atoms with van der Waals surface area (Å²) in [6, 6.07) is 4.37. The lowest BCUT2D eigenvalue weighted by atomic mass is 9.79. The molecule has 112 valence electrons. The van der Waals surface area contributed by atoms with Crippen LogP contribution in [0, 0.1) is 6.92 Å². The van der Waals surface area contributed by atoms with Crippen molar-refractivity contribution in [1.29, 1.82) is 0 Å². The number of rotatable bonds is 3. The first-order chi connectivity index (χ1) is 8.96. The third-order valence-electron chi connectivity index (χ3n) is 3.40. The van der Waals surface area contributed by atoms with Crippen molar-refractivity contribution in [2.24, 2.45) is 0 Å². The van der Waals surface area contributed by atoms with Crippen LogP contribution in [-0.2, 0) is 15.4 Å². The SMILES string of the molecule is CC[P+](=O)Oc1c(C)cc(C(C)(C)C)cc1C(C)(C)C. The Labute approximate surface area is 124 Å². The summed E-state index contributed by atoms with van der Waals surface area (Å²) in [4.78, 5) is 0. The largest absolute Gasteiger partial charge is 0.555 e. The van der Waals surface area contributed by atoms with Gasteiger partial charge in [0, 0.05) is 5.56 Å². The highest BCUT2D eigenvalue weighted by molar-refractivity contribution is 7.39. The molecule has 0 aliphatic carbocycles. The first kappa shape index (κ1) is 17.2. The van der Waals surface area contributed by atoms with E-state index < -0.39 is 8.03 Å². The molecule has 0 amide bonds. The zero-order valence-corrected chi connectivity index (χ0v) is 15.0. The zero-order chi connectivity index (χ0) is 15.7. The fraction of sp³-hybridized carbons (Fsp3) is 0.647. The van der Waals surface area contributed by atoms with Gasteiger partial charge in [-0.15, -0.1) is 0 Å². The highest BCUT2D eigenvalue weighted by atomic mass is 31.1. The molecule has 1 aromatic rings. The molecular formula is C17H28O2P+. The van der Waals surface area contributed by atoms with Crippen LogP contribution in [0.3, 0.4) is 0 Å². The Balaban J connectivity index is 3.47. The molecule has 1 unspecified atom stereocenters. The van der Waals surface area contributed by atoms with Crippen LogP contribution in [0.1, 0.15) is 65.2 Å². The van der Waals surface area contributed by atoms with E-state index in [1.54, 1.807) is 0 Å². The second-order valence-electron chi connectivity index (χ2n) is 7.41. The van der Waals surface area contributed by atoms with Gasteiger partial charge in [-0.1, -0.05) is 53.7 Å². The van der Waals surface area contributed by atoms with Crippen LogP contribution in [-0.4, -0.2) is 6.16 Å². The van der Waals surface area contributed by atoms with Crippen molar-refractivity contribution in [3.05, 3.63) is 28.8 Å². The molecule has 0 fully saturated rings. The van der Waals surface area contributed by atoms with E-state index in [1.807, 2.05) is 13.8 Å². The van der Waals surface area contributed by atoms with Crippen molar-refractivity contribution in [1.82, 2.24) is 0 Å². The fourth-order valence-electron chi connectivity index (χ4n) is 2.05. The molecule has 0 bridgehead atoms. The molecule has 2 nitrogen and oxygen atoms in total. The van der Waals surface area contributed by atoms with Crippen molar-refractivity contribution in [2.45, 2.75) is 66.2 Å². The van der Waals surface area contributed by atoms with Crippen LogP contribution >= 0.6 is 8.03 Å². The van der Waals surface area contributed by atoms with Gasteiger partial charge in [0.05, 0.1) is 0 Å². The van der Waals surface area contributed by atoms with Crippen LogP contribution in [0.15, 0.2) is 12.1 Å². The third-order valence-corrected chi connectivity index (χ3v) is 4.30. The lowest BCUT2D eigenvalue weighted by Gasteiger charge is -2.26. The van der Waals surface area contributed by atoms with Gasteiger partial charge in [-0.05, 0) is 40.4 Å². The van der Waals surface area contributed by atoms with Crippen LogP contribution in [0.5, 0.6) is 5.75 Å². The Hall–Kier alpha value is -0.880. The number of hydrogen-bond acceptors (Lipinski definition) is 2. The Kier molecular flexibility index (Phi) is 5.03. The zero-order valence-electron chi connectivity index (χ0n) is 14.1. The molecule has 0 saturated carbocycles. The van der Waals surface area contributed by atoms with Crippen LogP contribution < -0.4 is 4.52 Å². The molecule has 0 aliphatic rings. The highest BCUT2D eigenvalue weighted by Gasteiger charge is 2.29. The Bertz CT molecular complexity index is 505. The van der Waals surface area contributed by atoms with Gasteiger partial charge in [0.1, 0.15) is 0 Å². The molecular weight excluding hydrogens is 267 g/mol. The summed E-state index contributed by atoms with van der Waals surface area (Å²) in [5.74, 6) is 0.800. The van der Waals surface area contributed by atoms with Gasteiger partial charge in [-0.2, -0.15) is 0 Å². The minimum Gasteiger partial charge on any atom is -0.254 e. The smallest absolute Gasteiger partial charge is 0.254 e. The minimum atomic E-state index is -1.62. The van der Waals surface area contributed by atoms with Gasteiger partial charge >= 0.3 is 8.03 Å². The second kappa shape index (κ2) is 5.85. The van der Waals surface area contributed by atoms with Crippen LogP contribution in [0.2, 0.25) is 0 Å². The summed E-state index contributed by atoms with van der Waals surface area (Å²) in [7, 11) is -1.62. The topological polar surface area (TPSA) is 26.3 Å². The van der Waals surface area contributed by atoms with E-state index in [0.717, 1.165) is 16.9 Å². The lowest BCUT2D eigenvalue weighted by Crippen LogP contribution is -2.18. The first-order valence-corrected chi connectivity index (χ1v) is 8.61. The standard InChI is InChI=1S/C17H28O2P/c1-9-20(18)19-15-12(2)10-13(16(3,4)5)11-14(15)17(6,7)8/h10-11H,9H2,1-8H3/q+1. The third kappa shape index (κ3) is 4.06. The summed E-state index contributed by atoms with van der Waals surface area (Å²) in [5, 5.41) is 0. The van der Waals surface area contributed by atoms with Gasteiger partial charge in [-0.25, -0.2) is 0 Å². The first-order valence-electron chi connectivity index (χ1n) is 7.25. The van der Waals surface area contributed by atoms with E-state index in [9.17, 15) is 4.57 Å². The number of hydrogen-bond donors (Lipinski definition) is 0. The molecule has 1 atom stereocenters. The normalized spacial score (nSPS) is 13.3. The predicted molar refractivity (Wildman–Crippen MR) is 87.4 cm³/mol. The molecule has 1 aromatic carbocycles. The average Bonchev–Trinajstić information content (AvgIpc) is 2.28. The van der Waals surface area contributed by atoms with Crippen molar-refractivity contribution in [3.8, 4) is 5.75 Å². The lowest BCUT2D eigenvalue weighted by molar-refractivity contribution is 0.483. The Morgan fingerprint density at radius 1 is 1.05 bits per heavy atom. The monoisotopic (exact) mass is 295 g/mol. The average molecular weight is 295 g/mol. The fourth-order valence-corrected chi connectivity index (χ4v) is 2.63. The van der Waals surface area contributed by atoms with Crippen LogP contribution in [0.25, 0.3) is 0 Å². The van der Waals surface area contributed by atoms with E-state index in [2.05, 4.69) is 53.7 Å². The molecule has 0 aliphatic heterocycles. The Morgan fingerprint density at radius 2 is 1.60 bits per heavy atom. The predicted octanol–water partition coefficient (Wildman–Crippen LogP) is 5.73. The maximum atomic E-state index is 11.8. The van der Waals surface area contributed by atoms with E-state index in [-0.39, 0.29) is 10.8 Å². The number of benzene rings is 1. The molecule has 0 N–H and O–H groups in total. The molecule has 0 aromatic heterocycles. The van der Waals surface area contributed by atoms with Gasteiger partial charge in [0.15, 0.2) is 11.9 Å². The molecule has 0 heterocycles. The van der Waals surface area contributed by atoms with Crippen LogP contribution in [0.4, 0.5) is 0 Å². The maximum absolute atomic E-state index is 11.8. The molecule has 3 heteroatoms. The quantitative estimate of drug-likeness (QED) is 0.665. The van der Waals surface area contributed by atoms with Gasteiger partial charge in [-0.3, -0.25) is 4.52 Å². The van der Waals surface area contributed by atoms with Crippen molar-refractivity contribution in [2.75, 3.05) is 6.16 Å². The summed E-state index contributed by atoms with van der Waals surface area (Å²) >= 11 is 0. The van der Waals surface area contributed by atoms with Gasteiger partial charge in [0.25, 0.3) is 0 Å². The minimum absolute atomic E-state index is 0.0364. The van der Waals surface area contributed by atoms with E-state index in [1.165, 1.54) is 5.56 Å². The molecule has 1 rings (SSSR count). The molecule has 20 heavy (non-hydrogen) atoms. The highest BCUT2D eigenvalue weighted by Crippen LogP contribution is 2.41. The second-order valence-corrected chi connectivity index (χ2v) is 8.89. The summed E-state index contributed by atoms with van der Waals surface area (Å²) in [6.45, 7) is 17.1. The maximum Gasteiger partial charge on any atom is 0.555 e. The molecule has 0 spiro atoms. The number of aryl methyl sites for hydroxylation is 1. The summed E-state index contributed by atoms with van der Waals surface area (Å²) < 4.78 is 17.5. The summed E-state index contributed by atoms with van der Waals surface area (Å²) in [5.41, 5.74) is 3.55. The molecule has 0 saturated heterocycles. The molecule has 0 radical (unpaired) electrons. The van der Waals surface area contributed by atoms with Crippen molar-refractivity contribution < 1.29 is 9.09 Å². The van der Waals surface area contributed by atoms with Crippen molar-refractivity contribution >= 4 is 8.03 Å². The van der Waals surface area contributed by atoms with E-state index in [4.69, 9.17) is 4.52 Å². The van der Waals surface area contributed by atoms with Gasteiger partial charge < -0.3 is 0 Å². The van der Waals surface area contributed by atoms with E-state index >= 15 is 0 Å². The summed E-state index contributed by atoms with van der Waals surface area (Å²) in [6.07, 6.45) is 0.541. The Morgan fingerprint density at radius 3 is 2.00 bits per heavy atom. The van der Waals surface area contributed by atoms with Crippen molar-refractivity contribution in [3.63, 3.8) is 0 Å². The van der Waals surface area contributed by atoms with Gasteiger partial charge in [0.2, 0.25) is 0 Å². The van der Waals surface area contributed by atoms with E-state index in [0.29, 0.717) is 6.16 Å².